The molecule has 2 aliphatic heterocycles. The molecule has 2 unspecified atom stereocenters. The minimum Gasteiger partial charge on any atom is -0.260 e. The van der Waals surface area contributed by atoms with Gasteiger partial charge in [-0.15, -0.1) is 0 Å². The largest absolute Gasteiger partial charge is 0.260 e. The molecule has 2 heterocycles. The SMILES string of the molecule is CC1(C)CC(SC2=NC(C)(C#N)C(C)(C)C2)=NC1(C)C#N. The molecule has 0 saturated heterocycles. The van der Waals surface area contributed by atoms with Crippen LogP contribution in [0.5, 0.6) is 0 Å². The van der Waals surface area contributed by atoms with Gasteiger partial charge in [0.15, 0.2) is 0 Å². The van der Waals surface area contributed by atoms with E-state index in [0.29, 0.717) is 0 Å². The molecule has 0 spiro atoms. The average Bonchev–Trinajstić information content (AvgIpc) is 2.71. The van der Waals surface area contributed by atoms with E-state index in [2.05, 4.69) is 49.8 Å². The van der Waals surface area contributed by atoms with Crippen molar-refractivity contribution in [3.8, 4) is 12.1 Å². The van der Waals surface area contributed by atoms with Crippen LogP contribution in [0.2, 0.25) is 0 Å². The third-order valence-corrected chi connectivity index (χ3v) is 6.13. The molecule has 0 fully saturated rings. The molecule has 0 N–H and O–H groups in total. The van der Waals surface area contributed by atoms with E-state index in [-0.39, 0.29) is 10.8 Å². The Kier molecular flexibility index (Phi) is 3.50. The molecule has 21 heavy (non-hydrogen) atoms. The Bertz CT molecular complexity index is 563. The zero-order valence-corrected chi connectivity index (χ0v) is 14.4. The van der Waals surface area contributed by atoms with Gasteiger partial charge < -0.3 is 0 Å². The summed E-state index contributed by atoms with van der Waals surface area (Å²) in [4.78, 5) is 9.26. The van der Waals surface area contributed by atoms with E-state index in [9.17, 15) is 10.5 Å². The molecule has 0 aliphatic carbocycles. The zero-order valence-electron chi connectivity index (χ0n) is 13.6. The number of aliphatic imine (C=N–C) groups is 2. The third kappa shape index (κ3) is 2.38. The van der Waals surface area contributed by atoms with Crippen LogP contribution >= 0.6 is 11.8 Å². The molecule has 0 bridgehead atoms. The molecular weight excluding hydrogens is 280 g/mol. The molecule has 112 valence electrons. The fourth-order valence-electron chi connectivity index (χ4n) is 2.59. The number of rotatable bonds is 0. The maximum absolute atomic E-state index is 9.40. The van der Waals surface area contributed by atoms with Gasteiger partial charge in [0.25, 0.3) is 0 Å². The lowest BCUT2D eigenvalue weighted by molar-refractivity contribution is 0.276. The van der Waals surface area contributed by atoms with Gasteiger partial charge in [-0.1, -0.05) is 39.5 Å². The van der Waals surface area contributed by atoms with Crippen LogP contribution in [-0.4, -0.2) is 21.2 Å². The quantitative estimate of drug-likeness (QED) is 0.680. The van der Waals surface area contributed by atoms with Gasteiger partial charge in [0.05, 0.1) is 22.2 Å². The van der Waals surface area contributed by atoms with E-state index in [1.54, 1.807) is 11.8 Å². The van der Waals surface area contributed by atoms with Crippen LogP contribution in [0.15, 0.2) is 9.98 Å². The second-order valence-corrected chi connectivity index (χ2v) is 8.75. The van der Waals surface area contributed by atoms with Crippen LogP contribution in [0.4, 0.5) is 0 Å². The summed E-state index contributed by atoms with van der Waals surface area (Å²) in [7, 11) is 0. The van der Waals surface area contributed by atoms with E-state index in [0.717, 1.165) is 22.9 Å². The van der Waals surface area contributed by atoms with Crippen LogP contribution in [0.1, 0.15) is 54.4 Å². The number of nitriles is 2. The van der Waals surface area contributed by atoms with Gasteiger partial charge >= 0.3 is 0 Å². The van der Waals surface area contributed by atoms with E-state index in [1.807, 2.05) is 13.8 Å². The lowest BCUT2D eigenvalue weighted by Gasteiger charge is -2.29. The Balaban J connectivity index is 2.24. The van der Waals surface area contributed by atoms with Crippen LogP contribution in [0.3, 0.4) is 0 Å². The monoisotopic (exact) mass is 302 g/mol. The second kappa shape index (κ2) is 4.58. The summed E-state index contributed by atoms with van der Waals surface area (Å²) in [6, 6.07) is 4.67. The molecule has 0 radical (unpaired) electrons. The van der Waals surface area contributed by atoms with Gasteiger partial charge in [-0.05, 0) is 13.8 Å². The maximum Gasteiger partial charge on any atom is 0.150 e. The molecule has 2 rings (SSSR count). The molecule has 2 aliphatic rings. The van der Waals surface area contributed by atoms with E-state index < -0.39 is 11.1 Å². The lowest BCUT2D eigenvalue weighted by atomic mass is 9.75. The summed E-state index contributed by atoms with van der Waals surface area (Å²) in [6.07, 6.45) is 1.56. The number of hydrogen-bond acceptors (Lipinski definition) is 5. The fraction of sp³-hybridized carbons (Fsp3) is 0.750. The predicted molar refractivity (Wildman–Crippen MR) is 87.3 cm³/mol. The highest BCUT2D eigenvalue weighted by atomic mass is 32.2. The molecule has 0 amide bonds. The van der Waals surface area contributed by atoms with Crippen molar-refractivity contribution in [1.29, 1.82) is 10.5 Å². The highest BCUT2D eigenvalue weighted by Gasteiger charge is 2.50. The topological polar surface area (TPSA) is 72.3 Å². The van der Waals surface area contributed by atoms with Gasteiger partial charge in [-0.25, -0.2) is 0 Å². The van der Waals surface area contributed by atoms with Crippen LogP contribution in [0.25, 0.3) is 0 Å². The van der Waals surface area contributed by atoms with E-state index in [1.165, 1.54) is 0 Å². The zero-order chi connectivity index (χ0) is 16.1. The summed E-state index contributed by atoms with van der Waals surface area (Å²) in [6.45, 7) is 12.1. The first-order valence-corrected chi connectivity index (χ1v) is 7.98. The molecule has 5 heteroatoms. The molecule has 0 aromatic rings. The van der Waals surface area contributed by atoms with Crippen molar-refractivity contribution in [3.05, 3.63) is 0 Å². The minimum atomic E-state index is -0.678. The summed E-state index contributed by atoms with van der Waals surface area (Å²) in [5.74, 6) is 0. The first-order valence-electron chi connectivity index (χ1n) is 7.16. The van der Waals surface area contributed by atoms with Crippen molar-refractivity contribution < 1.29 is 0 Å². The maximum atomic E-state index is 9.40. The first-order chi connectivity index (χ1) is 9.49. The number of hydrogen-bond donors (Lipinski definition) is 0. The normalized spacial score (nSPS) is 36.6. The Labute approximate surface area is 131 Å². The summed E-state index contributed by atoms with van der Waals surface area (Å²) >= 11 is 1.55. The first kappa shape index (κ1) is 16.0. The van der Waals surface area contributed by atoms with Crippen molar-refractivity contribution in [2.45, 2.75) is 65.5 Å². The highest BCUT2D eigenvalue weighted by Crippen LogP contribution is 2.48. The van der Waals surface area contributed by atoms with Crippen molar-refractivity contribution in [1.82, 2.24) is 0 Å². The van der Waals surface area contributed by atoms with Crippen LogP contribution in [0, 0.1) is 33.5 Å². The summed E-state index contributed by atoms with van der Waals surface area (Å²) in [5.41, 5.74) is -1.69. The van der Waals surface area contributed by atoms with Crippen LogP contribution < -0.4 is 0 Å². The van der Waals surface area contributed by atoms with E-state index >= 15 is 0 Å². The fourth-order valence-corrected chi connectivity index (χ4v) is 4.18. The van der Waals surface area contributed by atoms with Gasteiger partial charge in [0.1, 0.15) is 11.1 Å². The third-order valence-electron chi connectivity index (χ3n) is 5.19. The van der Waals surface area contributed by atoms with Crippen LogP contribution in [-0.2, 0) is 0 Å². The Hall–Kier alpha value is -1.33. The highest BCUT2D eigenvalue weighted by molar-refractivity contribution is 8.26. The molecule has 4 nitrogen and oxygen atoms in total. The smallest absolute Gasteiger partial charge is 0.150 e. The van der Waals surface area contributed by atoms with Crippen molar-refractivity contribution in [2.24, 2.45) is 20.8 Å². The molecule has 0 aromatic heterocycles. The van der Waals surface area contributed by atoms with Crippen molar-refractivity contribution in [2.75, 3.05) is 0 Å². The average molecular weight is 302 g/mol. The Morgan fingerprint density at radius 2 is 1.14 bits per heavy atom. The van der Waals surface area contributed by atoms with Crippen molar-refractivity contribution in [3.63, 3.8) is 0 Å². The van der Waals surface area contributed by atoms with Gasteiger partial charge in [0.2, 0.25) is 0 Å². The number of nitrogens with zero attached hydrogens (tertiary/aromatic N) is 4. The second-order valence-electron chi connectivity index (χ2n) is 7.60. The Morgan fingerprint density at radius 3 is 1.38 bits per heavy atom. The summed E-state index contributed by atoms with van der Waals surface area (Å²) < 4.78 is 0. The van der Waals surface area contributed by atoms with Gasteiger partial charge in [0, 0.05) is 23.7 Å². The van der Waals surface area contributed by atoms with Gasteiger partial charge in [-0.3, -0.25) is 9.98 Å². The van der Waals surface area contributed by atoms with Gasteiger partial charge in [-0.2, -0.15) is 10.5 Å². The predicted octanol–water partition coefficient (Wildman–Crippen LogP) is 3.94. The molecule has 0 saturated carbocycles. The molecular formula is C16H22N4S. The summed E-state index contributed by atoms with van der Waals surface area (Å²) in [5, 5.41) is 20.7. The lowest BCUT2D eigenvalue weighted by Crippen LogP contribution is -2.34. The standard InChI is InChI=1S/C16H22N4S/c1-13(2)7-11(19-15(13,5)9-17)21-12-8-14(3,4)16(6,10-18)20-12/h7-8H2,1-6H3. The minimum absolute atomic E-state index is 0.169. The number of thioether (sulfide) groups is 1. The molecule has 2 atom stereocenters. The van der Waals surface area contributed by atoms with Crippen molar-refractivity contribution >= 4 is 21.8 Å². The van der Waals surface area contributed by atoms with E-state index in [4.69, 9.17) is 0 Å². The Morgan fingerprint density at radius 1 is 0.810 bits per heavy atom. The molecule has 0 aromatic carbocycles.